The van der Waals surface area contributed by atoms with Gasteiger partial charge in [-0.05, 0) is 19.4 Å². The molecule has 2 atom stereocenters. The van der Waals surface area contributed by atoms with Crippen molar-refractivity contribution in [2.24, 2.45) is 0 Å². The lowest BCUT2D eigenvalue weighted by Gasteiger charge is -2.16. The molecule has 0 rings (SSSR count). The molecule has 0 N–H and O–H groups in total. The summed E-state index contributed by atoms with van der Waals surface area (Å²) in [6, 6.07) is 0. The third-order valence-corrected chi connectivity index (χ3v) is 4.39. The average Bonchev–Trinajstić information content (AvgIpc) is 2.58. The van der Waals surface area contributed by atoms with E-state index in [1.54, 1.807) is 0 Å². The van der Waals surface area contributed by atoms with Crippen LogP contribution < -0.4 is 0 Å². The molecule has 0 aromatic rings. The molecule has 2 unspecified atom stereocenters. The minimum Gasteiger partial charge on any atom is -0.292 e. The second kappa shape index (κ2) is 14.8. The van der Waals surface area contributed by atoms with E-state index in [1.807, 2.05) is 0 Å². The van der Waals surface area contributed by atoms with Crippen molar-refractivity contribution in [2.75, 3.05) is 13.7 Å². The first-order chi connectivity index (χ1) is 11.5. The minimum atomic E-state index is -4.02. The summed E-state index contributed by atoms with van der Waals surface area (Å²) in [5.41, 5.74) is 0. The van der Waals surface area contributed by atoms with E-state index in [0.717, 1.165) is 25.3 Å². The molecule has 142 valence electrons. The van der Waals surface area contributed by atoms with Crippen molar-refractivity contribution in [1.29, 1.82) is 0 Å². The van der Waals surface area contributed by atoms with Gasteiger partial charge in [-0.25, -0.2) is 14.3 Å². The molecule has 0 aromatic carbocycles. The standard InChI is InChI=1S/C16H31O7P/c1-5-7-8-9-10-11-12-13-14-20-24(18,22-19-4)23-21-15(3)16(17)6-2/h6,15H,2,5,7-14H2,1,3-4H3. The van der Waals surface area contributed by atoms with Crippen molar-refractivity contribution in [3.8, 4) is 0 Å². The zero-order valence-electron chi connectivity index (χ0n) is 15.0. The van der Waals surface area contributed by atoms with Gasteiger partial charge in [-0.1, -0.05) is 58.4 Å². The average molecular weight is 366 g/mol. The van der Waals surface area contributed by atoms with Crippen LogP contribution in [0.4, 0.5) is 0 Å². The summed E-state index contributed by atoms with van der Waals surface area (Å²) >= 11 is 0. The highest BCUT2D eigenvalue weighted by Crippen LogP contribution is 2.50. The van der Waals surface area contributed by atoms with E-state index in [2.05, 4.69) is 27.7 Å². The van der Waals surface area contributed by atoms with E-state index >= 15 is 0 Å². The SMILES string of the molecule is C=CC(=O)C(C)OOP(=O)(OCCCCCCCCCC)OOC. The van der Waals surface area contributed by atoms with Crippen molar-refractivity contribution >= 4 is 13.6 Å². The summed E-state index contributed by atoms with van der Waals surface area (Å²) in [5.74, 6) is -0.415. The molecule has 0 aliphatic carbocycles. The maximum absolute atomic E-state index is 12.2. The number of rotatable bonds is 17. The molecule has 0 fully saturated rings. The highest BCUT2D eigenvalue weighted by Gasteiger charge is 2.31. The molecule has 0 aliphatic heterocycles. The van der Waals surface area contributed by atoms with Crippen LogP contribution in [0.5, 0.6) is 0 Å². The molecular weight excluding hydrogens is 335 g/mol. The molecule has 0 amide bonds. The first kappa shape index (κ1) is 23.4. The molecule has 7 nitrogen and oxygen atoms in total. The van der Waals surface area contributed by atoms with Crippen molar-refractivity contribution < 1.29 is 33.0 Å². The van der Waals surface area contributed by atoms with E-state index in [-0.39, 0.29) is 6.61 Å². The zero-order valence-corrected chi connectivity index (χ0v) is 15.9. The summed E-state index contributed by atoms with van der Waals surface area (Å²) in [7, 11) is -2.85. The van der Waals surface area contributed by atoms with Crippen molar-refractivity contribution in [3.05, 3.63) is 12.7 Å². The zero-order chi connectivity index (χ0) is 18.3. The van der Waals surface area contributed by atoms with Gasteiger partial charge in [-0.15, -0.1) is 9.35 Å². The van der Waals surface area contributed by atoms with Crippen molar-refractivity contribution in [3.63, 3.8) is 0 Å². The maximum Gasteiger partial charge on any atom is 0.529 e. The predicted octanol–water partition coefficient (Wildman–Crippen LogP) is 4.92. The second-order valence-corrected chi connectivity index (χ2v) is 6.87. The quantitative estimate of drug-likeness (QED) is 0.119. The number of phosphoric acid groups is 1. The Morgan fingerprint density at radius 1 is 1.08 bits per heavy atom. The number of hydrogen-bond acceptors (Lipinski definition) is 7. The molecule has 0 saturated carbocycles. The first-order valence-electron chi connectivity index (χ1n) is 8.47. The van der Waals surface area contributed by atoms with Crippen molar-refractivity contribution in [1.82, 2.24) is 0 Å². The Balaban J connectivity index is 3.95. The highest BCUT2D eigenvalue weighted by atomic mass is 31.2. The van der Waals surface area contributed by atoms with Gasteiger partial charge in [0.05, 0.1) is 13.7 Å². The molecule has 0 bridgehead atoms. The van der Waals surface area contributed by atoms with Crippen molar-refractivity contribution in [2.45, 2.75) is 71.3 Å². The number of hydrogen-bond donors (Lipinski definition) is 0. The largest absolute Gasteiger partial charge is 0.529 e. The Labute approximate surface area is 145 Å². The van der Waals surface area contributed by atoms with E-state index < -0.39 is 19.7 Å². The van der Waals surface area contributed by atoms with Crippen LogP contribution in [0.2, 0.25) is 0 Å². The molecule has 0 aromatic heterocycles. The summed E-state index contributed by atoms with van der Waals surface area (Å²) in [4.78, 5) is 20.4. The predicted molar refractivity (Wildman–Crippen MR) is 91.1 cm³/mol. The molecule has 0 radical (unpaired) electrons. The van der Waals surface area contributed by atoms with Gasteiger partial charge in [0, 0.05) is 0 Å². The highest BCUT2D eigenvalue weighted by molar-refractivity contribution is 7.48. The minimum absolute atomic E-state index is 0.183. The maximum atomic E-state index is 12.2. The number of unbranched alkanes of at least 4 members (excludes halogenated alkanes) is 7. The fourth-order valence-electron chi connectivity index (χ4n) is 1.89. The van der Waals surface area contributed by atoms with Gasteiger partial charge in [0.2, 0.25) is 0 Å². The summed E-state index contributed by atoms with van der Waals surface area (Å²) < 4.78 is 26.4. The van der Waals surface area contributed by atoms with Crippen LogP contribution in [0.25, 0.3) is 0 Å². The second-order valence-electron chi connectivity index (χ2n) is 5.42. The summed E-state index contributed by atoms with van der Waals surface area (Å²) in [6.07, 6.45) is 9.12. The molecular formula is C16H31O7P. The molecule has 24 heavy (non-hydrogen) atoms. The van der Waals surface area contributed by atoms with Crippen LogP contribution >= 0.6 is 7.82 Å². The molecule has 0 spiro atoms. The monoisotopic (exact) mass is 366 g/mol. The lowest BCUT2D eigenvalue weighted by Crippen LogP contribution is -2.18. The fraction of sp³-hybridized carbons (Fsp3) is 0.812. The summed E-state index contributed by atoms with van der Waals surface area (Å²) in [5, 5.41) is 0. The number of carbonyl (C=O) groups excluding carboxylic acids is 1. The fourth-order valence-corrected chi connectivity index (χ4v) is 2.77. The number of ketones is 1. The molecule has 0 aliphatic rings. The Morgan fingerprint density at radius 3 is 2.21 bits per heavy atom. The van der Waals surface area contributed by atoms with Crippen LogP contribution in [-0.2, 0) is 33.0 Å². The first-order valence-corrected chi connectivity index (χ1v) is 9.93. The third kappa shape index (κ3) is 11.9. The van der Waals surface area contributed by atoms with Gasteiger partial charge >= 0.3 is 7.82 Å². The Morgan fingerprint density at radius 2 is 1.67 bits per heavy atom. The van der Waals surface area contributed by atoms with E-state index in [1.165, 1.54) is 46.1 Å². The topological polar surface area (TPSA) is 80.3 Å². The van der Waals surface area contributed by atoms with Crippen LogP contribution in [-0.4, -0.2) is 25.6 Å². The Hall–Kier alpha value is -0.560. The Kier molecular flexibility index (Phi) is 14.4. The van der Waals surface area contributed by atoms with Gasteiger partial charge in [-0.3, -0.25) is 9.32 Å². The van der Waals surface area contributed by atoms with Gasteiger partial charge in [0.1, 0.15) is 0 Å². The smallest absolute Gasteiger partial charge is 0.292 e. The van der Waals surface area contributed by atoms with Gasteiger partial charge in [0.25, 0.3) is 0 Å². The summed E-state index contributed by atoms with van der Waals surface area (Å²) in [6.45, 7) is 7.13. The van der Waals surface area contributed by atoms with Gasteiger partial charge in [0.15, 0.2) is 11.9 Å². The lowest BCUT2D eigenvalue weighted by molar-refractivity contribution is -0.284. The van der Waals surface area contributed by atoms with Crippen LogP contribution in [0, 0.1) is 0 Å². The van der Waals surface area contributed by atoms with Gasteiger partial charge < -0.3 is 0 Å². The van der Waals surface area contributed by atoms with Crippen LogP contribution in [0.15, 0.2) is 12.7 Å². The van der Waals surface area contributed by atoms with Crippen LogP contribution in [0.3, 0.4) is 0 Å². The van der Waals surface area contributed by atoms with Gasteiger partial charge in [-0.2, -0.15) is 0 Å². The molecule has 0 heterocycles. The molecule has 0 saturated heterocycles. The van der Waals surface area contributed by atoms with Crippen LogP contribution in [0.1, 0.15) is 65.2 Å². The van der Waals surface area contributed by atoms with E-state index in [0.29, 0.717) is 0 Å². The lowest BCUT2D eigenvalue weighted by atomic mass is 10.1. The third-order valence-electron chi connectivity index (χ3n) is 3.29. The Bertz CT molecular complexity index is 387. The van der Waals surface area contributed by atoms with E-state index in [4.69, 9.17) is 9.41 Å². The number of carbonyl (C=O) groups is 1. The van der Waals surface area contributed by atoms with E-state index in [9.17, 15) is 9.36 Å². The molecule has 8 heteroatoms. The normalized spacial score (nSPS) is 15.0.